The second-order valence-electron chi connectivity index (χ2n) is 12.6. The summed E-state index contributed by atoms with van der Waals surface area (Å²) in [5.41, 5.74) is 12.1. The lowest BCUT2D eigenvalue weighted by Crippen LogP contribution is -2.33. The molecule has 4 heteroatoms. The third-order valence-corrected chi connectivity index (χ3v) is 11.0. The maximum Gasteiger partial charge on any atom is 0.159 e. The highest BCUT2D eigenvalue weighted by molar-refractivity contribution is 7.24. The highest BCUT2D eigenvalue weighted by Crippen LogP contribution is 2.55. The molecular weight excluding hydrogens is 615 g/mol. The molecule has 0 saturated carbocycles. The van der Waals surface area contributed by atoms with E-state index >= 15 is 0 Å². The van der Waals surface area contributed by atoms with Crippen molar-refractivity contribution in [3.8, 4) is 43.8 Å². The van der Waals surface area contributed by atoms with Gasteiger partial charge in [-0.1, -0.05) is 158 Å². The molecule has 2 aliphatic rings. The van der Waals surface area contributed by atoms with Gasteiger partial charge in [0, 0.05) is 31.7 Å². The van der Waals surface area contributed by atoms with Crippen molar-refractivity contribution in [3.63, 3.8) is 0 Å². The number of aliphatic imine (C=N–C) groups is 2. The summed E-state index contributed by atoms with van der Waals surface area (Å²) in [5.74, 6) is 1.55. The van der Waals surface area contributed by atoms with Crippen molar-refractivity contribution in [1.29, 1.82) is 0 Å². The van der Waals surface area contributed by atoms with E-state index in [4.69, 9.17) is 9.98 Å². The number of hydrogen-bond acceptors (Lipinski definition) is 4. The zero-order valence-corrected chi connectivity index (χ0v) is 27.3. The molecular formula is C45H29N3S. The topological polar surface area (TPSA) is 36.8 Å². The summed E-state index contributed by atoms with van der Waals surface area (Å²) < 4.78 is 1.33. The van der Waals surface area contributed by atoms with Crippen LogP contribution in [-0.2, 0) is 0 Å². The molecule has 0 radical (unpaired) electrons. The fourth-order valence-corrected chi connectivity index (χ4v) is 8.78. The fourth-order valence-electron chi connectivity index (χ4n) is 7.39. The summed E-state index contributed by atoms with van der Waals surface area (Å²) >= 11 is 1.90. The molecule has 0 bridgehead atoms. The third-order valence-electron chi connectivity index (χ3n) is 9.70. The van der Waals surface area contributed by atoms with Crippen LogP contribution in [0.3, 0.4) is 0 Å². The molecule has 0 fully saturated rings. The Bertz CT molecular complexity index is 2620. The minimum absolute atomic E-state index is 0.232. The summed E-state index contributed by atoms with van der Waals surface area (Å²) in [6.45, 7) is 0. The lowest BCUT2D eigenvalue weighted by molar-refractivity contribution is 0.674. The van der Waals surface area contributed by atoms with Crippen LogP contribution in [0, 0.1) is 0 Å². The van der Waals surface area contributed by atoms with Gasteiger partial charge in [0.2, 0.25) is 0 Å². The number of nitrogens with zero attached hydrogens (tertiary/aromatic N) is 2. The van der Waals surface area contributed by atoms with E-state index in [0.29, 0.717) is 0 Å². The molecule has 8 aromatic rings. The molecule has 49 heavy (non-hydrogen) atoms. The highest BCUT2D eigenvalue weighted by Gasteiger charge is 2.28. The first-order chi connectivity index (χ1) is 24.3. The second-order valence-corrected chi connectivity index (χ2v) is 13.6. The van der Waals surface area contributed by atoms with Crippen LogP contribution in [0.2, 0.25) is 0 Å². The van der Waals surface area contributed by atoms with Crippen molar-refractivity contribution >= 4 is 43.9 Å². The second kappa shape index (κ2) is 11.3. The van der Waals surface area contributed by atoms with Gasteiger partial charge in [-0.15, -0.1) is 11.3 Å². The van der Waals surface area contributed by atoms with Crippen molar-refractivity contribution < 1.29 is 0 Å². The van der Waals surface area contributed by atoms with Gasteiger partial charge in [-0.05, 0) is 55.8 Å². The molecule has 1 unspecified atom stereocenters. The molecule has 1 atom stereocenters. The normalized spacial score (nSPS) is 14.7. The van der Waals surface area contributed by atoms with Gasteiger partial charge in [0.25, 0.3) is 0 Å². The number of amidine groups is 2. The first-order valence-corrected chi connectivity index (χ1v) is 17.4. The predicted molar refractivity (Wildman–Crippen MR) is 206 cm³/mol. The third kappa shape index (κ3) is 4.56. The van der Waals surface area contributed by atoms with E-state index in [1.165, 1.54) is 64.7 Å². The van der Waals surface area contributed by atoms with Crippen LogP contribution < -0.4 is 5.32 Å². The minimum Gasteiger partial charge on any atom is -0.344 e. The maximum absolute atomic E-state index is 5.05. The Morgan fingerprint density at radius 3 is 1.86 bits per heavy atom. The van der Waals surface area contributed by atoms with E-state index in [0.717, 1.165) is 28.4 Å². The molecule has 0 amide bonds. The number of nitrogens with one attached hydrogen (secondary N) is 1. The standard InChI is InChI=1S/C45H29N3S/c1-3-13-29(14-4-1)43-46-44(30-15-5-2-6-16-30)48-45(47-43)31-25-23-28(24-26-31)41-39-37-22-12-11-20-35(37)34-19-9-10-21-36(34)38-27-32-17-7-8-18-33(32)42(49-41)40(38)39/h1-27,43H,(H,46,47,48). The molecule has 1 N–H and O–H groups in total. The Labute approximate surface area is 288 Å². The largest absolute Gasteiger partial charge is 0.344 e. The number of rotatable bonds is 4. The van der Waals surface area contributed by atoms with Gasteiger partial charge in [-0.3, -0.25) is 0 Å². The lowest BCUT2D eigenvalue weighted by Gasteiger charge is -2.23. The molecule has 7 aromatic carbocycles. The maximum atomic E-state index is 5.05. The van der Waals surface area contributed by atoms with Crippen LogP contribution in [0.1, 0.15) is 22.9 Å². The number of thiophene rings is 1. The quantitative estimate of drug-likeness (QED) is 0.204. The van der Waals surface area contributed by atoms with Crippen LogP contribution in [-0.4, -0.2) is 11.7 Å². The van der Waals surface area contributed by atoms with Crippen molar-refractivity contribution in [2.24, 2.45) is 9.98 Å². The SMILES string of the molecule is c1ccc(C2=NC(c3ccccc3)NC(c3ccc(-c4sc5c6c(cc7ccccc75)-c5ccccc5-c5ccccc5-c46)cc3)=N2)cc1. The lowest BCUT2D eigenvalue weighted by atomic mass is 9.93. The van der Waals surface area contributed by atoms with Gasteiger partial charge in [0.05, 0.1) is 0 Å². The first-order valence-electron chi connectivity index (χ1n) is 16.6. The highest BCUT2D eigenvalue weighted by atomic mass is 32.1. The van der Waals surface area contributed by atoms with E-state index in [1.54, 1.807) is 0 Å². The molecule has 1 aliphatic heterocycles. The Morgan fingerprint density at radius 2 is 1.10 bits per heavy atom. The summed E-state index contributed by atoms with van der Waals surface area (Å²) in [7, 11) is 0. The van der Waals surface area contributed by atoms with Gasteiger partial charge in [0.15, 0.2) is 5.84 Å². The van der Waals surface area contributed by atoms with Crippen molar-refractivity contribution in [2.45, 2.75) is 6.17 Å². The molecule has 3 nitrogen and oxygen atoms in total. The van der Waals surface area contributed by atoms with Gasteiger partial charge in [0.1, 0.15) is 12.0 Å². The Kier molecular flexibility index (Phi) is 6.42. The summed E-state index contributed by atoms with van der Waals surface area (Å²) in [6.07, 6.45) is -0.232. The van der Waals surface area contributed by atoms with Crippen molar-refractivity contribution in [2.75, 3.05) is 0 Å². The molecule has 1 aliphatic carbocycles. The predicted octanol–water partition coefficient (Wildman–Crippen LogP) is 11.5. The van der Waals surface area contributed by atoms with E-state index in [9.17, 15) is 0 Å². The van der Waals surface area contributed by atoms with Crippen molar-refractivity contribution in [3.05, 3.63) is 180 Å². The fraction of sp³-hybridized carbons (Fsp3) is 0.0222. The number of benzene rings is 7. The zero-order chi connectivity index (χ0) is 32.3. The number of hydrogen-bond donors (Lipinski definition) is 1. The summed E-state index contributed by atoms with van der Waals surface area (Å²) in [5, 5.41) is 7.53. The van der Waals surface area contributed by atoms with Gasteiger partial charge < -0.3 is 5.32 Å². The van der Waals surface area contributed by atoms with Gasteiger partial charge in [-0.2, -0.15) is 0 Å². The zero-order valence-electron chi connectivity index (χ0n) is 26.5. The number of fused-ring (bicyclic) bond motifs is 7. The van der Waals surface area contributed by atoms with E-state index < -0.39 is 0 Å². The van der Waals surface area contributed by atoms with Crippen LogP contribution in [0.5, 0.6) is 0 Å². The van der Waals surface area contributed by atoms with Gasteiger partial charge in [-0.25, -0.2) is 9.98 Å². The van der Waals surface area contributed by atoms with E-state index in [1.807, 2.05) is 35.6 Å². The van der Waals surface area contributed by atoms with E-state index in [2.05, 4.69) is 145 Å². The molecule has 10 rings (SSSR count). The van der Waals surface area contributed by atoms with Crippen LogP contribution in [0.4, 0.5) is 0 Å². The van der Waals surface area contributed by atoms with Crippen molar-refractivity contribution in [1.82, 2.24) is 5.32 Å². The average molecular weight is 644 g/mol. The van der Waals surface area contributed by atoms with Crippen LogP contribution in [0.15, 0.2) is 174 Å². The molecule has 2 heterocycles. The molecule has 1 aromatic heterocycles. The Balaban J connectivity index is 1.15. The summed E-state index contributed by atoms with van der Waals surface area (Å²) in [6, 6.07) is 58.5. The smallest absolute Gasteiger partial charge is 0.159 e. The van der Waals surface area contributed by atoms with E-state index in [-0.39, 0.29) is 6.17 Å². The molecule has 0 spiro atoms. The average Bonchev–Trinajstić information content (AvgIpc) is 3.54. The Hall–Kier alpha value is -6.10. The van der Waals surface area contributed by atoms with Gasteiger partial charge >= 0.3 is 0 Å². The molecule has 230 valence electrons. The first kappa shape index (κ1) is 28.0. The minimum atomic E-state index is -0.232. The molecule has 0 saturated heterocycles. The summed E-state index contributed by atoms with van der Waals surface area (Å²) in [4.78, 5) is 11.3. The Morgan fingerprint density at radius 1 is 0.510 bits per heavy atom. The monoisotopic (exact) mass is 643 g/mol. The van der Waals surface area contributed by atoms with Crippen LogP contribution >= 0.6 is 11.3 Å². The van der Waals surface area contributed by atoms with Crippen LogP contribution in [0.25, 0.3) is 64.7 Å².